The van der Waals surface area contributed by atoms with Gasteiger partial charge in [0, 0.05) is 22.8 Å². The molecule has 6 heteroatoms. The highest BCUT2D eigenvalue weighted by Gasteiger charge is 2.19. The summed E-state index contributed by atoms with van der Waals surface area (Å²) in [6.07, 6.45) is 3.51. The molecule has 1 N–H and O–H groups in total. The van der Waals surface area contributed by atoms with Crippen molar-refractivity contribution in [3.8, 4) is 16.9 Å². The number of anilines is 1. The molecule has 27 heavy (non-hydrogen) atoms. The standard InChI is InChI=1S/C21H18N4OS/c1-14-8-10-16(11-9-14)19-18(20(26)23-21-22-12-15(2)27-21)13-25(24-19)17-6-4-3-5-7-17/h3-13H,1-2H3,(H,22,23,26). The van der Waals surface area contributed by atoms with Gasteiger partial charge in [-0.05, 0) is 26.0 Å². The summed E-state index contributed by atoms with van der Waals surface area (Å²) in [5.41, 5.74) is 4.11. The van der Waals surface area contributed by atoms with Crippen LogP contribution >= 0.6 is 11.3 Å². The second-order valence-corrected chi connectivity index (χ2v) is 7.50. The van der Waals surface area contributed by atoms with E-state index in [2.05, 4.69) is 15.4 Å². The largest absolute Gasteiger partial charge is 0.298 e. The zero-order valence-electron chi connectivity index (χ0n) is 15.0. The van der Waals surface area contributed by atoms with E-state index in [1.807, 2.05) is 68.4 Å². The molecule has 0 aliphatic rings. The fourth-order valence-corrected chi connectivity index (χ4v) is 3.41. The van der Waals surface area contributed by atoms with Gasteiger partial charge in [-0.15, -0.1) is 11.3 Å². The predicted molar refractivity (Wildman–Crippen MR) is 109 cm³/mol. The van der Waals surface area contributed by atoms with E-state index < -0.39 is 0 Å². The zero-order chi connectivity index (χ0) is 18.8. The van der Waals surface area contributed by atoms with Crippen LogP contribution < -0.4 is 5.32 Å². The summed E-state index contributed by atoms with van der Waals surface area (Å²) < 4.78 is 1.73. The molecule has 0 aliphatic heterocycles. The Morgan fingerprint density at radius 2 is 1.78 bits per heavy atom. The summed E-state index contributed by atoms with van der Waals surface area (Å²) in [5, 5.41) is 8.15. The number of thiazole rings is 1. The van der Waals surface area contributed by atoms with E-state index >= 15 is 0 Å². The van der Waals surface area contributed by atoms with Crippen LogP contribution in [0.2, 0.25) is 0 Å². The van der Waals surface area contributed by atoms with Gasteiger partial charge in [0.05, 0.1) is 11.3 Å². The normalized spacial score (nSPS) is 10.7. The first kappa shape index (κ1) is 17.2. The van der Waals surface area contributed by atoms with Gasteiger partial charge in [0.15, 0.2) is 5.13 Å². The number of para-hydroxylation sites is 1. The summed E-state index contributed by atoms with van der Waals surface area (Å²) >= 11 is 1.45. The number of nitrogens with one attached hydrogen (secondary N) is 1. The van der Waals surface area contributed by atoms with E-state index in [1.165, 1.54) is 11.3 Å². The lowest BCUT2D eigenvalue weighted by molar-refractivity contribution is 0.102. The molecular formula is C21H18N4OS. The van der Waals surface area contributed by atoms with Crippen LogP contribution in [-0.2, 0) is 0 Å². The van der Waals surface area contributed by atoms with Gasteiger partial charge in [-0.3, -0.25) is 10.1 Å². The van der Waals surface area contributed by atoms with Crippen LogP contribution in [0.3, 0.4) is 0 Å². The zero-order valence-corrected chi connectivity index (χ0v) is 15.8. The number of hydrogen-bond acceptors (Lipinski definition) is 4. The molecule has 0 fully saturated rings. The quantitative estimate of drug-likeness (QED) is 0.555. The van der Waals surface area contributed by atoms with Gasteiger partial charge < -0.3 is 0 Å². The third-order valence-corrected chi connectivity index (χ3v) is 4.97. The Kier molecular flexibility index (Phi) is 4.56. The third kappa shape index (κ3) is 3.66. The fourth-order valence-electron chi connectivity index (χ4n) is 2.75. The summed E-state index contributed by atoms with van der Waals surface area (Å²) in [6, 6.07) is 17.8. The van der Waals surface area contributed by atoms with Gasteiger partial charge >= 0.3 is 0 Å². The number of aromatic nitrogens is 3. The van der Waals surface area contributed by atoms with E-state index in [-0.39, 0.29) is 5.91 Å². The summed E-state index contributed by atoms with van der Waals surface area (Å²) in [6.45, 7) is 3.99. The topological polar surface area (TPSA) is 59.8 Å². The molecule has 2 aromatic carbocycles. The van der Waals surface area contributed by atoms with E-state index in [0.717, 1.165) is 21.7 Å². The minimum absolute atomic E-state index is 0.220. The first-order valence-corrected chi connectivity index (χ1v) is 9.38. The van der Waals surface area contributed by atoms with Crippen LogP contribution in [0.5, 0.6) is 0 Å². The lowest BCUT2D eigenvalue weighted by Gasteiger charge is -2.03. The Morgan fingerprint density at radius 1 is 1.04 bits per heavy atom. The lowest BCUT2D eigenvalue weighted by atomic mass is 10.1. The Balaban J connectivity index is 1.77. The second-order valence-electron chi connectivity index (χ2n) is 6.27. The molecule has 4 rings (SSSR count). The maximum atomic E-state index is 12.9. The Labute approximate surface area is 161 Å². The Hall–Kier alpha value is -3.25. The smallest absolute Gasteiger partial charge is 0.261 e. The number of carbonyl (C=O) groups is 1. The van der Waals surface area contributed by atoms with Gasteiger partial charge in [-0.2, -0.15) is 5.10 Å². The molecule has 0 spiro atoms. The molecule has 2 heterocycles. The van der Waals surface area contributed by atoms with Crippen molar-refractivity contribution in [2.24, 2.45) is 0 Å². The first-order chi connectivity index (χ1) is 13.1. The summed E-state index contributed by atoms with van der Waals surface area (Å²) in [5.74, 6) is -0.220. The van der Waals surface area contributed by atoms with E-state index in [0.29, 0.717) is 16.4 Å². The molecule has 134 valence electrons. The minimum Gasteiger partial charge on any atom is -0.298 e. The number of carbonyl (C=O) groups excluding carboxylic acids is 1. The molecule has 5 nitrogen and oxygen atoms in total. The summed E-state index contributed by atoms with van der Waals surface area (Å²) in [4.78, 5) is 18.2. The van der Waals surface area contributed by atoms with Crippen molar-refractivity contribution < 1.29 is 4.79 Å². The first-order valence-electron chi connectivity index (χ1n) is 8.56. The highest BCUT2D eigenvalue weighted by atomic mass is 32.1. The minimum atomic E-state index is -0.220. The van der Waals surface area contributed by atoms with Crippen LogP contribution in [0.15, 0.2) is 67.0 Å². The van der Waals surface area contributed by atoms with Crippen molar-refractivity contribution in [3.63, 3.8) is 0 Å². The molecule has 0 saturated carbocycles. The average molecular weight is 374 g/mol. The number of rotatable bonds is 4. The molecule has 2 aromatic heterocycles. The van der Waals surface area contributed by atoms with Gasteiger partial charge in [-0.25, -0.2) is 9.67 Å². The monoisotopic (exact) mass is 374 g/mol. The predicted octanol–water partition coefficient (Wildman–Crippen LogP) is 4.86. The van der Waals surface area contributed by atoms with Crippen LogP contribution in [0.1, 0.15) is 20.8 Å². The number of nitrogens with zero attached hydrogens (tertiary/aromatic N) is 3. The summed E-state index contributed by atoms with van der Waals surface area (Å²) in [7, 11) is 0. The molecule has 1 amide bonds. The van der Waals surface area contributed by atoms with Crippen LogP contribution in [0.25, 0.3) is 16.9 Å². The van der Waals surface area contributed by atoms with Gasteiger partial charge in [-0.1, -0.05) is 48.0 Å². The highest BCUT2D eigenvalue weighted by Crippen LogP contribution is 2.26. The molecule has 0 unspecified atom stereocenters. The molecular weight excluding hydrogens is 356 g/mol. The fraction of sp³-hybridized carbons (Fsp3) is 0.0952. The van der Waals surface area contributed by atoms with Gasteiger partial charge in [0.25, 0.3) is 5.91 Å². The third-order valence-electron chi connectivity index (χ3n) is 4.15. The molecule has 4 aromatic rings. The SMILES string of the molecule is Cc1ccc(-c2nn(-c3ccccc3)cc2C(=O)Nc2ncc(C)s2)cc1. The highest BCUT2D eigenvalue weighted by molar-refractivity contribution is 7.15. The van der Waals surface area contributed by atoms with Crippen molar-refractivity contribution >= 4 is 22.4 Å². The van der Waals surface area contributed by atoms with Crippen LogP contribution in [0, 0.1) is 13.8 Å². The lowest BCUT2D eigenvalue weighted by Crippen LogP contribution is -2.12. The van der Waals surface area contributed by atoms with Crippen LogP contribution in [-0.4, -0.2) is 20.7 Å². The van der Waals surface area contributed by atoms with Gasteiger partial charge in [0.1, 0.15) is 5.69 Å². The van der Waals surface area contributed by atoms with E-state index in [1.54, 1.807) is 17.1 Å². The number of benzene rings is 2. The second kappa shape index (κ2) is 7.17. The molecule has 0 aliphatic carbocycles. The molecule has 0 atom stereocenters. The maximum absolute atomic E-state index is 12.9. The number of aryl methyl sites for hydroxylation is 2. The van der Waals surface area contributed by atoms with Crippen molar-refractivity contribution in [1.82, 2.24) is 14.8 Å². The van der Waals surface area contributed by atoms with E-state index in [4.69, 9.17) is 0 Å². The Morgan fingerprint density at radius 3 is 2.44 bits per heavy atom. The molecule has 0 saturated heterocycles. The van der Waals surface area contributed by atoms with Gasteiger partial charge in [0.2, 0.25) is 0 Å². The Bertz CT molecular complexity index is 1080. The van der Waals surface area contributed by atoms with E-state index in [9.17, 15) is 4.79 Å². The molecule has 0 radical (unpaired) electrons. The van der Waals surface area contributed by atoms with Crippen molar-refractivity contribution in [1.29, 1.82) is 0 Å². The van der Waals surface area contributed by atoms with Crippen LogP contribution in [0.4, 0.5) is 5.13 Å². The molecule has 0 bridgehead atoms. The average Bonchev–Trinajstić information content (AvgIpc) is 3.30. The van der Waals surface area contributed by atoms with Crippen molar-refractivity contribution in [2.45, 2.75) is 13.8 Å². The maximum Gasteiger partial charge on any atom is 0.261 e. The van der Waals surface area contributed by atoms with Crippen molar-refractivity contribution in [2.75, 3.05) is 5.32 Å². The number of hydrogen-bond donors (Lipinski definition) is 1. The number of amides is 1. The van der Waals surface area contributed by atoms with Crippen molar-refractivity contribution in [3.05, 3.63) is 83.0 Å².